The molecule has 0 aromatic heterocycles. The fourth-order valence-corrected chi connectivity index (χ4v) is 2.18. The van der Waals surface area contributed by atoms with E-state index in [1.54, 1.807) is 5.32 Å². The summed E-state index contributed by atoms with van der Waals surface area (Å²) in [6.07, 6.45) is -4.56. The molecule has 0 aliphatic carbocycles. The maximum atomic E-state index is 13.0. The summed E-state index contributed by atoms with van der Waals surface area (Å²) in [6.45, 7) is -1.50. The van der Waals surface area contributed by atoms with Crippen molar-refractivity contribution in [3.63, 3.8) is 0 Å². The van der Waals surface area contributed by atoms with Crippen molar-refractivity contribution >= 4 is 29.1 Å². The second-order valence-electron chi connectivity index (χ2n) is 4.92. The lowest BCUT2D eigenvalue weighted by atomic mass is 10.1. The number of halogens is 5. The van der Waals surface area contributed by atoms with Crippen molar-refractivity contribution in [1.29, 1.82) is 0 Å². The largest absolute Gasteiger partial charge is 0.405 e. The van der Waals surface area contributed by atoms with Gasteiger partial charge in [0.2, 0.25) is 0 Å². The van der Waals surface area contributed by atoms with Crippen molar-refractivity contribution in [1.82, 2.24) is 5.32 Å². The molecule has 132 valence electrons. The number of hydrogen-bond acceptors (Lipinski definition) is 2. The Morgan fingerprint density at radius 2 is 1.68 bits per heavy atom. The van der Waals surface area contributed by atoms with Gasteiger partial charge in [-0.25, -0.2) is 4.39 Å². The van der Waals surface area contributed by atoms with Crippen LogP contribution in [0.3, 0.4) is 0 Å². The number of alkyl halides is 3. The third kappa shape index (κ3) is 5.18. The molecule has 9 heteroatoms. The van der Waals surface area contributed by atoms with E-state index in [2.05, 4.69) is 5.32 Å². The van der Waals surface area contributed by atoms with Crippen LogP contribution in [0.25, 0.3) is 0 Å². The third-order valence-corrected chi connectivity index (χ3v) is 3.36. The Morgan fingerprint density at radius 3 is 2.32 bits per heavy atom. The normalized spacial score (nSPS) is 11.1. The molecule has 0 heterocycles. The number of nitrogens with one attached hydrogen (secondary N) is 2. The van der Waals surface area contributed by atoms with Crippen LogP contribution in [-0.2, 0) is 0 Å². The number of para-hydroxylation sites is 1. The molecule has 0 bridgehead atoms. The minimum absolute atomic E-state index is 0.00688. The number of rotatable bonds is 4. The monoisotopic (exact) mass is 374 g/mol. The van der Waals surface area contributed by atoms with Gasteiger partial charge in [-0.15, -0.1) is 0 Å². The molecule has 25 heavy (non-hydrogen) atoms. The average molecular weight is 375 g/mol. The number of hydrogen-bond donors (Lipinski definition) is 2. The minimum atomic E-state index is -4.56. The van der Waals surface area contributed by atoms with Gasteiger partial charge in [-0.05, 0) is 30.3 Å². The molecule has 0 saturated heterocycles. The first-order valence-corrected chi connectivity index (χ1v) is 7.25. The van der Waals surface area contributed by atoms with E-state index in [4.69, 9.17) is 11.6 Å². The zero-order valence-electron chi connectivity index (χ0n) is 12.5. The summed E-state index contributed by atoms with van der Waals surface area (Å²) in [7, 11) is 0. The van der Waals surface area contributed by atoms with Crippen molar-refractivity contribution in [3.05, 3.63) is 64.4 Å². The zero-order valence-corrected chi connectivity index (χ0v) is 13.2. The maximum absolute atomic E-state index is 13.0. The highest BCUT2D eigenvalue weighted by molar-refractivity contribution is 6.34. The number of anilines is 1. The molecular weight excluding hydrogens is 364 g/mol. The van der Waals surface area contributed by atoms with Gasteiger partial charge in [-0.1, -0.05) is 23.7 Å². The summed E-state index contributed by atoms with van der Waals surface area (Å²) in [6, 6.07) is 8.65. The van der Waals surface area contributed by atoms with Crippen LogP contribution in [-0.4, -0.2) is 24.5 Å². The van der Waals surface area contributed by atoms with E-state index in [0.717, 1.165) is 18.2 Å². The van der Waals surface area contributed by atoms with E-state index in [-0.39, 0.29) is 21.8 Å². The molecule has 2 aromatic rings. The summed E-state index contributed by atoms with van der Waals surface area (Å²) in [5.41, 5.74) is -0.209. The maximum Gasteiger partial charge on any atom is 0.405 e. The summed E-state index contributed by atoms with van der Waals surface area (Å²) >= 11 is 5.79. The Hall–Kier alpha value is -2.61. The summed E-state index contributed by atoms with van der Waals surface area (Å²) in [5.74, 6) is -2.37. The van der Waals surface area contributed by atoms with E-state index in [1.165, 1.54) is 24.3 Å². The molecule has 0 saturated carbocycles. The van der Waals surface area contributed by atoms with E-state index in [9.17, 15) is 27.2 Å². The molecule has 0 aliphatic rings. The van der Waals surface area contributed by atoms with Crippen LogP contribution in [0.1, 0.15) is 20.7 Å². The Bertz CT molecular complexity index is 809. The molecule has 0 aliphatic heterocycles. The van der Waals surface area contributed by atoms with Gasteiger partial charge in [0.1, 0.15) is 12.4 Å². The lowest BCUT2D eigenvalue weighted by Crippen LogP contribution is -2.34. The van der Waals surface area contributed by atoms with Crippen molar-refractivity contribution < 1.29 is 27.2 Å². The van der Waals surface area contributed by atoms with Gasteiger partial charge in [-0.2, -0.15) is 13.2 Å². The lowest BCUT2D eigenvalue weighted by molar-refractivity contribution is -0.123. The summed E-state index contributed by atoms with van der Waals surface area (Å²) in [5, 5.41) is 3.96. The van der Waals surface area contributed by atoms with Gasteiger partial charge >= 0.3 is 6.18 Å². The first kappa shape index (κ1) is 18.7. The van der Waals surface area contributed by atoms with Gasteiger partial charge < -0.3 is 10.6 Å². The van der Waals surface area contributed by atoms with Crippen molar-refractivity contribution in [3.8, 4) is 0 Å². The second kappa shape index (κ2) is 7.52. The van der Waals surface area contributed by atoms with E-state index < -0.39 is 30.4 Å². The van der Waals surface area contributed by atoms with E-state index in [1.807, 2.05) is 0 Å². The fourth-order valence-electron chi connectivity index (χ4n) is 1.93. The van der Waals surface area contributed by atoms with Gasteiger partial charge in [0.25, 0.3) is 11.8 Å². The van der Waals surface area contributed by atoms with Gasteiger partial charge in [0.05, 0.1) is 21.8 Å². The Balaban J connectivity index is 2.20. The molecule has 0 spiro atoms. The summed E-state index contributed by atoms with van der Waals surface area (Å²) < 4.78 is 49.7. The second-order valence-corrected chi connectivity index (χ2v) is 5.33. The Kier molecular flexibility index (Phi) is 5.63. The highest BCUT2D eigenvalue weighted by Gasteiger charge is 2.28. The van der Waals surface area contributed by atoms with Crippen molar-refractivity contribution in [2.24, 2.45) is 0 Å². The van der Waals surface area contributed by atoms with E-state index >= 15 is 0 Å². The molecule has 0 radical (unpaired) electrons. The predicted octanol–water partition coefficient (Wildman–Crippen LogP) is 4.02. The van der Waals surface area contributed by atoms with Gasteiger partial charge in [0, 0.05) is 0 Å². The molecule has 0 unspecified atom stereocenters. The Labute approximate surface area is 144 Å². The number of benzene rings is 2. The SMILES string of the molecule is O=C(Nc1ccccc1C(=O)NCC(F)(F)F)c1ccc(F)cc1Cl. The highest BCUT2D eigenvalue weighted by atomic mass is 35.5. The molecule has 2 aromatic carbocycles. The van der Waals surface area contributed by atoms with Crippen LogP contribution >= 0.6 is 11.6 Å². The molecular formula is C16H11ClF4N2O2. The van der Waals surface area contributed by atoms with Crippen molar-refractivity contribution in [2.45, 2.75) is 6.18 Å². The first-order chi connectivity index (χ1) is 11.7. The quantitative estimate of drug-likeness (QED) is 0.794. The minimum Gasteiger partial charge on any atom is -0.343 e. The van der Waals surface area contributed by atoms with Crippen LogP contribution in [0.5, 0.6) is 0 Å². The molecule has 0 atom stereocenters. The van der Waals surface area contributed by atoms with E-state index in [0.29, 0.717) is 0 Å². The Morgan fingerprint density at radius 1 is 1.00 bits per heavy atom. The van der Waals surface area contributed by atoms with Crippen LogP contribution in [0, 0.1) is 5.82 Å². The average Bonchev–Trinajstić information content (AvgIpc) is 2.52. The zero-order chi connectivity index (χ0) is 18.6. The molecule has 2 amide bonds. The molecule has 2 N–H and O–H groups in total. The van der Waals surface area contributed by atoms with Crippen molar-refractivity contribution in [2.75, 3.05) is 11.9 Å². The van der Waals surface area contributed by atoms with Gasteiger partial charge in [-0.3, -0.25) is 9.59 Å². The predicted molar refractivity (Wildman–Crippen MR) is 84.2 cm³/mol. The lowest BCUT2D eigenvalue weighted by Gasteiger charge is -2.13. The van der Waals surface area contributed by atoms with Gasteiger partial charge in [0.15, 0.2) is 0 Å². The molecule has 0 fully saturated rings. The fraction of sp³-hybridized carbons (Fsp3) is 0.125. The number of carbonyl (C=O) groups is 2. The standard InChI is InChI=1S/C16H11ClF4N2O2/c17-12-7-9(18)5-6-10(12)15(25)23-13-4-2-1-3-11(13)14(24)22-8-16(19,20)21/h1-7H,8H2,(H,22,24)(H,23,25). The number of carbonyl (C=O) groups excluding carboxylic acids is 2. The van der Waals surface area contributed by atoms with Crippen LogP contribution in [0.4, 0.5) is 23.2 Å². The van der Waals surface area contributed by atoms with Crippen LogP contribution < -0.4 is 10.6 Å². The molecule has 4 nitrogen and oxygen atoms in total. The smallest absolute Gasteiger partial charge is 0.343 e. The third-order valence-electron chi connectivity index (χ3n) is 3.05. The topological polar surface area (TPSA) is 58.2 Å². The number of amides is 2. The highest BCUT2D eigenvalue weighted by Crippen LogP contribution is 2.21. The van der Waals surface area contributed by atoms with Crippen LogP contribution in [0.15, 0.2) is 42.5 Å². The van der Waals surface area contributed by atoms with Crippen LogP contribution in [0.2, 0.25) is 5.02 Å². The first-order valence-electron chi connectivity index (χ1n) is 6.88. The summed E-state index contributed by atoms with van der Waals surface area (Å²) in [4.78, 5) is 24.1. The molecule has 2 rings (SSSR count).